The molecule has 4 heteroatoms. The molecule has 1 aromatic heterocycles. The molecule has 0 aliphatic rings. The van der Waals surface area contributed by atoms with Gasteiger partial charge in [0.2, 0.25) is 0 Å². The molecular formula is C21H19FN2O. The van der Waals surface area contributed by atoms with Crippen molar-refractivity contribution in [3.63, 3.8) is 0 Å². The quantitative estimate of drug-likeness (QED) is 0.673. The number of aromatic nitrogens is 1. The number of Topliss-reactive ketones (excluding diaryl/α,β-unsaturated/α-hetero) is 1. The summed E-state index contributed by atoms with van der Waals surface area (Å²) in [5.41, 5.74) is 3.44. The number of hydrogen-bond acceptors (Lipinski definition) is 3. The molecule has 0 amide bonds. The fourth-order valence-corrected chi connectivity index (χ4v) is 2.88. The highest BCUT2D eigenvalue weighted by atomic mass is 19.1. The van der Waals surface area contributed by atoms with Gasteiger partial charge in [-0.3, -0.25) is 9.78 Å². The maximum atomic E-state index is 14.1. The third kappa shape index (κ3) is 3.74. The van der Waals surface area contributed by atoms with E-state index in [0.717, 1.165) is 16.8 Å². The van der Waals surface area contributed by atoms with Crippen molar-refractivity contribution in [1.29, 1.82) is 0 Å². The van der Waals surface area contributed by atoms with Crippen molar-refractivity contribution < 1.29 is 9.18 Å². The van der Waals surface area contributed by atoms with Crippen molar-refractivity contribution in [2.45, 2.75) is 19.9 Å². The second-order valence-electron chi connectivity index (χ2n) is 5.96. The van der Waals surface area contributed by atoms with Crippen LogP contribution in [0, 0.1) is 12.7 Å². The minimum Gasteiger partial charge on any atom is -0.372 e. The van der Waals surface area contributed by atoms with Gasteiger partial charge in [-0.15, -0.1) is 0 Å². The van der Waals surface area contributed by atoms with Crippen LogP contribution in [0.1, 0.15) is 40.1 Å². The lowest BCUT2D eigenvalue weighted by molar-refractivity contribution is 0.101. The first-order valence-electron chi connectivity index (χ1n) is 8.09. The first-order valence-corrected chi connectivity index (χ1v) is 8.09. The number of hydrogen-bond donors (Lipinski definition) is 1. The fraction of sp³-hybridized carbons (Fsp3) is 0.143. The van der Waals surface area contributed by atoms with E-state index in [0.29, 0.717) is 5.69 Å². The van der Waals surface area contributed by atoms with E-state index < -0.39 is 5.82 Å². The summed E-state index contributed by atoms with van der Waals surface area (Å²) in [6, 6.07) is 18.0. The fourth-order valence-electron chi connectivity index (χ4n) is 2.88. The molecule has 0 bridgehead atoms. The van der Waals surface area contributed by atoms with Gasteiger partial charge >= 0.3 is 0 Å². The van der Waals surface area contributed by atoms with Crippen LogP contribution < -0.4 is 5.32 Å². The Bertz CT molecular complexity index is 893. The highest BCUT2D eigenvalue weighted by Gasteiger charge is 2.20. The molecule has 0 aliphatic heterocycles. The number of carbonyl (C=O) groups is 1. The van der Waals surface area contributed by atoms with E-state index >= 15 is 0 Å². The number of benzene rings is 2. The number of carbonyl (C=O) groups excluding carboxylic acids is 1. The Morgan fingerprint density at radius 1 is 1.08 bits per heavy atom. The first kappa shape index (κ1) is 16.8. The topological polar surface area (TPSA) is 42.0 Å². The summed E-state index contributed by atoms with van der Waals surface area (Å²) in [6.45, 7) is 3.38. The van der Waals surface area contributed by atoms with Gasteiger partial charge in [-0.2, -0.15) is 0 Å². The van der Waals surface area contributed by atoms with Crippen LogP contribution in [0.4, 0.5) is 10.1 Å². The van der Waals surface area contributed by atoms with Crippen molar-refractivity contribution in [2.75, 3.05) is 5.32 Å². The van der Waals surface area contributed by atoms with Gasteiger partial charge in [0.05, 0.1) is 17.3 Å². The molecule has 0 radical (unpaired) electrons. The number of rotatable bonds is 5. The zero-order valence-corrected chi connectivity index (χ0v) is 14.2. The molecule has 0 aliphatic carbocycles. The molecule has 0 saturated carbocycles. The Balaban J connectivity index is 2.08. The normalized spacial score (nSPS) is 11.8. The van der Waals surface area contributed by atoms with Gasteiger partial charge in [0.15, 0.2) is 5.78 Å². The maximum absolute atomic E-state index is 14.1. The van der Waals surface area contributed by atoms with Crippen molar-refractivity contribution >= 4 is 11.5 Å². The lowest BCUT2D eigenvalue weighted by Gasteiger charge is -2.22. The highest BCUT2D eigenvalue weighted by molar-refractivity contribution is 5.99. The summed E-state index contributed by atoms with van der Waals surface area (Å²) in [7, 11) is 0. The number of pyridine rings is 1. The monoisotopic (exact) mass is 334 g/mol. The van der Waals surface area contributed by atoms with Gasteiger partial charge in [0.25, 0.3) is 0 Å². The van der Waals surface area contributed by atoms with Crippen LogP contribution in [0.25, 0.3) is 0 Å². The average Bonchev–Trinajstić information content (AvgIpc) is 2.60. The van der Waals surface area contributed by atoms with E-state index in [1.54, 1.807) is 18.3 Å². The van der Waals surface area contributed by atoms with Gasteiger partial charge < -0.3 is 5.32 Å². The Morgan fingerprint density at radius 3 is 2.56 bits per heavy atom. The first-order chi connectivity index (χ1) is 12.1. The summed E-state index contributed by atoms with van der Waals surface area (Å²) in [6.07, 6.45) is 1.72. The van der Waals surface area contributed by atoms with Crippen molar-refractivity contribution in [1.82, 2.24) is 4.98 Å². The van der Waals surface area contributed by atoms with Crippen LogP contribution in [0.5, 0.6) is 0 Å². The molecule has 3 rings (SSSR count). The number of aryl methyl sites for hydroxylation is 1. The number of nitrogens with one attached hydrogen (secondary N) is 1. The lowest BCUT2D eigenvalue weighted by atomic mass is 9.99. The van der Waals surface area contributed by atoms with Crippen molar-refractivity contribution in [2.24, 2.45) is 0 Å². The molecule has 0 saturated heterocycles. The molecule has 2 aromatic carbocycles. The standard InChI is InChI=1S/C21H19FN2O/c1-14-7-5-8-16(13-14)21(19-10-3-4-12-23-19)24-18-11-6-9-17(22)20(18)15(2)25/h3-13,21,24H,1-2H3. The molecule has 1 unspecified atom stereocenters. The van der Waals surface area contributed by atoms with Crippen LogP contribution >= 0.6 is 0 Å². The second-order valence-corrected chi connectivity index (χ2v) is 5.96. The lowest BCUT2D eigenvalue weighted by Crippen LogP contribution is -2.16. The minimum atomic E-state index is -0.526. The second kappa shape index (κ2) is 7.26. The van der Waals surface area contributed by atoms with Gasteiger partial charge in [-0.05, 0) is 43.7 Å². The molecule has 1 N–H and O–H groups in total. The number of nitrogens with zero attached hydrogens (tertiary/aromatic N) is 1. The van der Waals surface area contributed by atoms with Crippen LogP contribution in [-0.2, 0) is 0 Å². The van der Waals surface area contributed by atoms with Crippen molar-refractivity contribution in [3.8, 4) is 0 Å². The molecular weight excluding hydrogens is 315 g/mol. The number of anilines is 1. The summed E-state index contributed by atoms with van der Waals surface area (Å²) in [5, 5.41) is 3.31. The van der Waals surface area contributed by atoms with Gasteiger partial charge in [-0.1, -0.05) is 42.0 Å². The molecule has 3 nitrogen and oxygen atoms in total. The summed E-state index contributed by atoms with van der Waals surface area (Å²) < 4.78 is 14.1. The Hall–Kier alpha value is -3.01. The van der Waals surface area contributed by atoms with Crippen LogP contribution in [0.2, 0.25) is 0 Å². The Morgan fingerprint density at radius 2 is 1.88 bits per heavy atom. The molecule has 25 heavy (non-hydrogen) atoms. The Labute approximate surface area is 146 Å². The third-order valence-electron chi connectivity index (χ3n) is 4.02. The zero-order valence-electron chi connectivity index (χ0n) is 14.2. The van der Waals surface area contributed by atoms with E-state index in [1.165, 1.54) is 13.0 Å². The zero-order chi connectivity index (χ0) is 17.8. The average molecular weight is 334 g/mol. The van der Waals surface area contributed by atoms with Crippen LogP contribution in [-0.4, -0.2) is 10.8 Å². The molecule has 3 aromatic rings. The predicted molar refractivity (Wildman–Crippen MR) is 97.3 cm³/mol. The number of halogens is 1. The maximum Gasteiger partial charge on any atom is 0.164 e. The van der Waals surface area contributed by atoms with Gasteiger partial charge in [-0.25, -0.2) is 4.39 Å². The molecule has 1 heterocycles. The van der Waals surface area contributed by atoms with Crippen molar-refractivity contribution in [3.05, 3.63) is 95.1 Å². The third-order valence-corrected chi connectivity index (χ3v) is 4.02. The smallest absolute Gasteiger partial charge is 0.164 e. The summed E-state index contributed by atoms with van der Waals surface area (Å²) in [5.74, 6) is -0.842. The van der Waals surface area contributed by atoms with E-state index in [2.05, 4.69) is 16.4 Å². The van der Waals surface area contributed by atoms with E-state index in [-0.39, 0.29) is 17.4 Å². The van der Waals surface area contributed by atoms with E-state index in [4.69, 9.17) is 0 Å². The molecule has 0 fully saturated rings. The summed E-state index contributed by atoms with van der Waals surface area (Å²) >= 11 is 0. The molecule has 126 valence electrons. The summed E-state index contributed by atoms with van der Waals surface area (Å²) in [4.78, 5) is 16.3. The number of ketones is 1. The van der Waals surface area contributed by atoms with Gasteiger partial charge in [0, 0.05) is 11.9 Å². The van der Waals surface area contributed by atoms with Crippen LogP contribution in [0.3, 0.4) is 0 Å². The molecule has 1 atom stereocenters. The van der Waals surface area contributed by atoms with Gasteiger partial charge in [0.1, 0.15) is 5.82 Å². The minimum absolute atomic E-state index is 0.0658. The van der Waals surface area contributed by atoms with E-state index in [1.807, 2.05) is 43.3 Å². The SMILES string of the molecule is CC(=O)c1c(F)cccc1NC(c1cccc(C)c1)c1ccccn1. The Kier molecular flexibility index (Phi) is 4.89. The largest absolute Gasteiger partial charge is 0.372 e. The molecule has 0 spiro atoms. The highest BCUT2D eigenvalue weighted by Crippen LogP contribution is 2.29. The predicted octanol–water partition coefficient (Wildman–Crippen LogP) is 4.93. The van der Waals surface area contributed by atoms with Crippen LogP contribution in [0.15, 0.2) is 66.9 Å². The van der Waals surface area contributed by atoms with E-state index in [9.17, 15) is 9.18 Å².